The smallest absolute Gasteiger partial charge is 0.407 e. The molecule has 7 nitrogen and oxygen atoms in total. The summed E-state index contributed by atoms with van der Waals surface area (Å²) < 4.78 is 5.94. The number of benzene rings is 3. The molecule has 1 aliphatic rings. The number of carboxylic acids is 1. The normalized spacial score (nSPS) is 12.7. The van der Waals surface area contributed by atoms with Gasteiger partial charge in [0.2, 0.25) is 5.91 Å². The molecule has 0 bridgehead atoms. The Labute approximate surface area is 210 Å². The highest BCUT2D eigenvalue weighted by molar-refractivity contribution is 9.10. The lowest BCUT2D eigenvalue weighted by Crippen LogP contribution is -2.44. The highest BCUT2D eigenvalue weighted by Crippen LogP contribution is 2.44. The Balaban J connectivity index is 1.45. The van der Waals surface area contributed by atoms with Gasteiger partial charge in [0.1, 0.15) is 12.6 Å². The van der Waals surface area contributed by atoms with Crippen molar-refractivity contribution < 1.29 is 24.2 Å². The first kappa shape index (κ1) is 24.2. The SMILES string of the molecule is C=CCC(NC(=O)OCC1c2ccccc2-c2ccccc21)C(=O)Nc1c(Br)cccc1C(=O)O. The van der Waals surface area contributed by atoms with E-state index in [1.807, 2.05) is 48.5 Å². The minimum atomic E-state index is -1.19. The number of anilines is 1. The summed E-state index contributed by atoms with van der Waals surface area (Å²) in [7, 11) is 0. The van der Waals surface area contributed by atoms with Gasteiger partial charge in [-0.15, -0.1) is 6.58 Å². The van der Waals surface area contributed by atoms with Gasteiger partial charge in [-0.1, -0.05) is 60.7 Å². The number of carbonyl (C=O) groups excluding carboxylic acids is 2. The number of halogens is 1. The Morgan fingerprint density at radius 3 is 2.23 bits per heavy atom. The van der Waals surface area contributed by atoms with Crippen LogP contribution in [0, 0.1) is 0 Å². The molecule has 0 aliphatic heterocycles. The van der Waals surface area contributed by atoms with Crippen molar-refractivity contribution in [3.63, 3.8) is 0 Å². The Bertz CT molecular complexity index is 1260. The van der Waals surface area contributed by atoms with Crippen LogP contribution in [0.25, 0.3) is 11.1 Å². The monoisotopic (exact) mass is 534 g/mol. The van der Waals surface area contributed by atoms with Gasteiger partial charge in [0, 0.05) is 10.4 Å². The maximum Gasteiger partial charge on any atom is 0.407 e. The zero-order valence-electron chi connectivity index (χ0n) is 18.7. The van der Waals surface area contributed by atoms with E-state index in [0.29, 0.717) is 4.47 Å². The quantitative estimate of drug-likeness (QED) is 0.327. The fourth-order valence-electron chi connectivity index (χ4n) is 4.22. The van der Waals surface area contributed by atoms with Gasteiger partial charge in [-0.3, -0.25) is 4.79 Å². The molecule has 8 heteroatoms. The summed E-state index contributed by atoms with van der Waals surface area (Å²) in [6.07, 6.45) is 0.870. The zero-order chi connectivity index (χ0) is 24.9. The van der Waals surface area contributed by atoms with E-state index in [-0.39, 0.29) is 30.2 Å². The highest BCUT2D eigenvalue weighted by Gasteiger charge is 2.30. The van der Waals surface area contributed by atoms with Crippen molar-refractivity contribution in [2.45, 2.75) is 18.4 Å². The van der Waals surface area contributed by atoms with E-state index < -0.39 is 24.0 Å². The number of ether oxygens (including phenoxy) is 1. The molecule has 2 amide bonds. The van der Waals surface area contributed by atoms with Crippen LogP contribution in [0.5, 0.6) is 0 Å². The van der Waals surface area contributed by atoms with E-state index in [0.717, 1.165) is 22.3 Å². The Hall–Kier alpha value is -3.91. The number of nitrogens with one attached hydrogen (secondary N) is 2. The van der Waals surface area contributed by atoms with Crippen molar-refractivity contribution in [2.75, 3.05) is 11.9 Å². The topological polar surface area (TPSA) is 105 Å². The van der Waals surface area contributed by atoms with Gasteiger partial charge in [0.05, 0.1) is 11.3 Å². The number of carbonyl (C=O) groups is 3. The molecule has 0 heterocycles. The van der Waals surface area contributed by atoms with Gasteiger partial charge < -0.3 is 20.5 Å². The van der Waals surface area contributed by atoms with Crippen LogP contribution in [0.15, 0.2) is 83.9 Å². The van der Waals surface area contributed by atoms with Crippen LogP contribution in [0.3, 0.4) is 0 Å². The molecule has 3 aromatic carbocycles. The summed E-state index contributed by atoms with van der Waals surface area (Å²) >= 11 is 3.26. The summed E-state index contributed by atoms with van der Waals surface area (Å²) in [4.78, 5) is 37.1. The van der Waals surface area contributed by atoms with Crippen LogP contribution in [0.4, 0.5) is 10.5 Å². The first-order valence-electron chi connectivity index (χ1n) is 11.0. The molecular weight excluding hydrogens is 512 g/mol. The summed E-state index contributed by atoms with van der Waals surface area (Å²) in [6.45, 7) is 3.75. The molecule has 35 heavy (non-hydrogen) atoms. The van der Waals surface area contributed by atoms with Crippen molar-refractivity contribution in [2.24, 2.45) is 0 Å². The lowest BCUT2D eigenvalue weighted by Gasteiger charge is -2.20. The molecule has 1 atom stereocenters. The fourth-order valence-corrected chi connectivity index (χ4v) is 4.69. The molecule has 0 saturated carbocycles. The number of alkyl carbamates (subject to hydrolysis) is 1. The number of aromatic carboxylic acids is 1. The van der Waals surface area contributed by atoms with Crippen LogP contribution >= 0.6 is 15.9 Å². The number of rotatable bonds is 8. The molecular formula is C27H23BrN2O5. The van der Waals surface area contributed by atoms with Gasteiger partial charge >= 0.3 is 12.1 Å². The number of hydrogen-bond donors (Lipinski definition) is 3. The number of amides is 2. The van der Waals surface area contributed by atoms with E-state index in [1.165, 1.54) is 12.1 Å². The van der Waals surface area contributed by atoms with E-state index in [2.05, 4.69) is 33.1 Å². The van der Waals surface area contributed by atoms with Crippen molar-refractivity contribution >= 4 is 39.6 Å². The van der Waals surface area contributed by atoms with Crippen LogP contribution < -0.4 is 10.6 Å². The maximum atomic E-state index is 12.9. The van der Waals surface area contributed by atoms with E-state index >= 15 is 0 Å². The molecule has 0 fully saturated rings. The molecule has 4 rings (SSSR count). The number of hydrogen-bond acceptors (Lipinski definition) is 4. The van der Waals surface area contributed by atoms with Gasteiger partial charge in [-0.2, -0.15) is 0 Å². The second kappa shape index (κ2) is 10.6. The number of fused-ring (bicyclic) bond motifs is 3. The standard InChI is InChI=1S/C27H23BrN2O5/c1-2-8-23(25(31)30-24-20(26(32)33)13-7-14-22(24)28)29-27(34)35-15-21-18-11-5-3-9-16(18)17-10-4-6-12-19(17)21/h2-7,9-14,21,23H,1,8,15H2,(H,29,34)(H,30,31)(H,32,33). The van der Waals surface area contributed by atoms with Crippen LogP contribution in [0.1, 0.15) is 33.8 Å². The third-order valence-corrected chi connectivity index (χ3v) is 6.51. The van der Waals surface area contributed by atoms with Crippen molar-refractivity contribution in [1.29, 1.82) is 0 Å². The molecule has 178 valence electrons. The predicted octanol–water partition coefficient (Wildman–Crippen LogP) is 5.57. The van der Waals surface area contributed by atoms with Crippen LogP contribution in [-0.2, 0) is 9.53 Å². The third kappa shape index (κ3) is 5.12. The maximum absolute atomic E-state index is 12.9. The minimum Gasteiger partial charge on any atom is -0.478 e. The average molecular weight is 535 g/mol. The first-order chi connectivity index (χ1) is 16.9. The van der Waals surface area contributed by atoms with E-state index in [4.69, 9.17) is 4.74 Å². The lowest BCUT2D eigenvalue weighted by molar-refractivity contribution is -0.118. The van der Waals surface area contributed by atoms with E-state index in [1.54, 1.807) is 12.1 Å². The molecule has 0 spiro atoms. The Morgan fingerprint density at radius 2 is 1.63 bits per heavy atom. The molecule has 1 aliphatic carbocycles. The molecule has 0 radical (unpaired) electrons. The summed E-state index contributed by atoms with van der Waals surface area (Å²) in [6, 6.07) is 19.5. The van der Waals surface area contributed by atoms with Crippen molar-refractivity contribution in [1.82, 2.24) is 5.32 Å². The van der Waals surface area contributed by atoms with Gasteiger partial charge in [-0.05, 0) is 56.7 Å². The minimum absolute atomic E-state index is 0.0776. The lowest BCUT2D eigenvalue weighted by atomic mass is 9.98. The van der Waals surface area contributed by atoms with Crippen molar-refractivity contribution in [3.8, 4) is 11.1 Å². The van der Waals surface area contributed by atoms with Gasteiger partial charge in [0.25, 0.3) is 0 Å². The average Bonchev–Trinajstić information content (AvgIpc) is 3.17. The molecule has 0 aromatic heterocycles. The zero-order valence-corrected chi connectivity index (χ0v) is 20.2. The Kier molecular flexibility index (Phi) is 7.31. The molecule has 3 aromatic rings. The van der Waals surface area contributed by atoms with Crippen LogP contribution in [0.2, 0.25) is 0 Å². The highest BCUT2D eigenvalue weighted by atomic mass is 79.9. The third-order valence-electron chi connectivity index (χ3n) is 5.85. The second-order valence-corrected chi connectivity index (χ2v) is 8.86. The molecule has 3 N–H and O–H groups in total. The predicted molar refractivity (Wildman–Crippen MR) is 137 cm³/mol. The largest absolute Gasteiger partial charge is 0.478 e. The Morgan fingerprint density at radius 1 is 1.00 bits per heavy atom. The van der Waals surface area contributed by atoms with Gasteiger partial charge in [-0.25, -0.2) is 9.59 Å². The summed E-state index contributed by atoms with van der Waals surface area (Å²) in [5.74, 6) is -1.89. The molecule has 1 unspecified atom stereocenters. The first-order valence-corrected chi connectivity index (χ1v) is 11.7. The van der Waals surface area contributed by atoms with Crippen molar-refractivity contribution in [3.05, 3.63) is 101 Å². The summed E-state index contributed by atoms with van der Waals surface area (Å²) in [5, 5.41) is 14.6. The second-order valence-electron chi connectivity index (χ2n) is 8.00. The fraction of sp³-hybridized carbons (Fsp3) is 0.148. The number of para-hydroxylation sites is 1. The number of carboxylic acid groups (broad SMARTS) is 1. The van der Waals surface area contributed by atoms with Gasteiger partial charge in [0.15, 0.2) is 0 Å². The van der Waals surface area contributed by atoms with Crippen LogP contribution in [-0.4, -0.2) is 35.7 Å². The summed E-state index contributed by atoms with van der Waals surface area (Å²) in [5.41, 5.74) is 4.42. The van der Waals surface area contributed by atoms with E-state index in [9.17, 15) is 19.5 Å². The molecule has 0 saturated heterocycles.